The molecule has 0 saturated heterocycles. The van der Waals surface area contributed by atoms with E-state index in [-0.39, 0.29) is 0 Å². The fraction of sp³-hybridized carbons (Fsp3) is 0.500. The van der Waals surface area contributed by atoms with E-state index in [1.54, 1.807) is 13.2 Å². The Bertz CT molecular complexity index is 315. The van der Waals surface area contributed by atoms with Crippen LogP contribution in [0.4, 0.5) is 4.39 Å². The van der Waals surface area contributed by atoms with Crippen molar-refractivity contribution < 1.29 is 9.13 Å². The van der Waals surface area contributed by atoms with Crippen LogP contribution in [0.1, 0.15) is 25.5 Å². The Morgan fingerprint density at radius 2 is 2.21 bits per heavy atom. The molecule has 0 saturated carbocycles. The van der Waals surface area contributed by atoms with Gasteiger partial charge in [0.1, 0.15) is 5.82 Å². The van der Waals surface area contributed by atoms with Crippen LogP contribution in [0.3, 0.4) is 0 Å². The lowest BCUT2D eigenvalue weighted by Gasteiger charge is -2.30. The zero-order valence-electron chi connectivity index (χ0n) is 8.62. The number of hydrogen-bond acceptors (Lipinski definition) is 3. The van der Waals surface area contributed by atoms with Gasteiger partial charge in [0.25, 0.3) is 0 Å². The number of nitrogens with two attached hydrogens (primary N) is 1. The summed E-state index contributed by atoms with van der Waals surface area (Å²) < 4.78 is 18.5. The van der Waals surface area contributed by atoms with Gasteiger partial charge in [-0.15, -0.1) is 0 Å². The topological polar surface area (TPSA) is 48.1 Å². The molecule has 0 aliphatic carbocycles. The normalized spacial score (nSPS) is 14.1. The molecule has 4 heteroatoms. The molecule has 0 fully saturated rings. The summed E-state index contributed by atoms with van der Waals surface area (Å²) in [5.41, 5.74) is 5.72. The number of rotatable bonds is 3. The minimum absolute atomic E-state index is 0.398. The second kappa shape index (κ2) is 4.02. The number of pyridine rings is 1. The van der Waals surface area contributed by atoms with Crippen molar-refractivity contribution in [2.24, 2.45) is 5.73 Å². The Balaban J connectivity index is 3.00. The molecule has 3 nitrogen and oxygen atoms in total. The van der Waals surface area contributed by atoms with Gasteiger partial charge in [-0.25, -0.2) is 4.39 Å². The second-order valence-corrected chi connectivity index (χ2v) is 3.68. The highest BCUT2D eigenvalue weighted by molar-refractivity contribution is 5.19. The van der Waals surface area contributed by atoms with E-state index < -0.39 is 17.5 Å². The molecule has 0 aromatic carbocycles. The standard InChI is InChI=1S/C10H15FN2O/c1-10(2,14-3)9(12)7-4-5-13-6-8(7)11/h4-6,9H,12H2,1-3H3. The van der Waals surface area contributed by atoms with Gasteiger partial charge in [0.2, 0.25) is 0 Å². The van der Waals surface area contributed by atoms with E-state index in [1.165, 1.54) is 6.20 Å². The molecule has 0 bridgehead atoms. The molecule has 1 atom stereocenters. The van der Waals surface area contributed by atoms with Gasteiger partial charge in [0, 0.05) is 18.9 Å². The van der Waals surface area contributed by atoms with Crippen molar-refractivity contribution in [3.8, 4) is 0 Å². The minimum atomic E-state index is -0.595. The van der Waals surface area contributed by atoms with Crippen LogP contribution in [0.15, 0.2) is 18.5 Å². The predicted octanol–water partition coefficient (Wildman–Crippen LogP) is 1.65. The summed E-state index contributed by atoms with van der Waals surface area (Å²) in [6.07, 6.45) is 2.67. The maximum absolute atomic E-state index is 13.3. The lowest BCUT2D eigenvalue weighted by molar-refractivity contribution is -0.000923. The number of halogens is 1. The van der Waals surface area contributed by atoms with E-state index in [2.05, 4.69) is 4.98 Å². The van der Waals surface area contributed by atoms with Crippen molar-refractivity contribution in [2.45, 2.75) is 25.5 Å². The van der Waals surface area contributed by atoms with Crippen LogP contribution in [0.2, 0.25) is 0 Å². The maximum Gasteiger partial charge on any atom is 0.146 e. The van der Waals surface area contributed by atoms with E-state index in [1.807, 2.05) is 13.8 Å². The molecule has 14 heavy (non-hydrogen) atoms. The summed E-state index contributed by atoms with van der Waals surface area (Å²) in [6, 6.07) is 1.07. The van der Waals surface area contributed by atoms with Gasteiger partial charge < -0.3 is 10.5 Å². The first kappa shape index (κ1) is 11.1. The first-order valence-electron chi connectivity index (χ1n) is 4.39. The highest BCUT2D eigenvalue weighted by Gasteiger charge is 2.29. The fourth-order valence-corrected chi connectivity index (χ4v) is 1.14. The van der Waals surface area contributed by atoms with Crippen molar-refractivity contribution in [3.05, 3.63) is 29.8 Å². The monoisotopic (exact) mass is 198 g/mol. The summed E-state index contributed by atoms with van der Waals surface area (Å²) in [5.74, 6) is -0.398. The van der Waals surface area contributed by atoms with Crippen LogP contribution in [0, 0.1) is 5.82 Å². The van der Waals surface area contributed by atoms with E-state index in [4.69, 9.17) is 10.5 Å². The number of hydrogen-bond donors (Lipinski definition) is 1. The van der Waals surface area contributed by atoms with Gasteiger partial charge in [-0.1, -0.05) is 0 Å². The van der Waals surface area contributed by atoms with Crippen LogP contribution in [-0.4, -0.2) is 17.7 Å². The summed E-state index contributed by atoms with van der Waals surface area (Å²) in [5, 5.41) is 0. The van der Waals surface area contributed by atoms with E-state index >= 15 is 0 Å². The van der Waals surface area contributed by atoms with E-state index in [0.717, 1.165) is 6.20 Å². The van der Waals surface area contributed by atoms with Gasteiger partial charge in [-0.05, 0) is 19.9 Å². The number of nitrogens with zero attached hydrogens (tertiary/aromatic N) is 1. The summed E-state index contributed by atoms with van der Waals surface area (Å²) in [7, 11) is 1.55. The van der Waals surface area contributed by atoms with Crippen LogP contribution < -0.4 is 5.73 Å². The molecule has 1 aromatic rings. The van der Waals surface area contributed by atoms with Crippen LogP contribution >= 0.6 is 0 Å². The molecule has 0 aliphatic heterocycles. The highest BCUT2D eigenvalue weighted by Crippen LogP contribution is 2.26. The van der Waals surface area contributed by atoms with Crippen LogP contribution in [0.25, 0.3) is 0 Å². The van der Waals surface area contributed by atoms with E-state index in [9.17, 15) is 4.39 Å². The molecule has 1 unspecified atom stereocenters. The van der Waals surface area contributed by atoms with Crippen molar-refractivity contribution >= 4 is 0 Å². The summed E-state index contributed by atoms with van der Waals surface area (Å²) in [6.45, 7) is 3.63. The lowest BCUT2D eigenvalue weighted by Crippen LogP contribution is -2.37. The third-order valence-corrected chi connectivity index (χ3v) is 2.41. The fourth-order valence-electron chi connectivity index (χ4n) is 1.14. The second-order valence-electron chi connectivity index (χ2n) is 3.68. The van der Waals surface area contributed by atoms with Crippen molar-refractivity contribution in [1.29, 1.82) is 0 Å². The Morgan fingerprint density at radius 3 is 2.71 bits per heavy atom. The average Bonchev–Trinajstić information content (AvgIpc) is 2.17. The van der Waals surface area contributed by atoms with Crippen molar-refractivity contribution in [1.82, 2.24) is 4.98 Å². The third kappa shape index (κ3) is 2.08. The van der Waals surface area contributed by atoms with Crippen molar-refractivity contribution in [3.63, 3.8) is 0 Å². The average molecular weight is 198 g/mol. The lowest BCUT2D eigenvalue weighted by atomic mass is 9.93. The molecule has 0 radical (unpaired) electrons. The molecule has 78 valence electrons. The Hall–Kier alpha value is -1.00. The largest absolute Gasteiger partial charge is 0.377 e. The molecule has 0 aliphatic rings. The number of ether oxygens (including phenoxy) is 1. The van der Waals surface area contributed by atoms with Gasteiger partial charge in [-0.3, -0.25) is 4.98 Å². The minimum Gasteiger partial charge on any atom is -0.377 e. The summed E-state index contributed by atoms with van der Waals surface area (Å²) >= 11 is 0. The predicted molar refractivity (Wildman–Crippen MR) is 52.2 cm³/mol. The zero-order valence-corrected chi connectivity index (χ0v) is 8.62. The molecular formula is C10H15FN2O. The first-order chi connectivity index (χ1) is 6.49. The Labute approximate surface area is 83.1 Å². The molecule has 1 aromatic heterocycles. The zero-order chi connectivity index (χ0) is 10.8. The van der Waals surface area contributed by atoms with Crippen LogP contribution in [0.5, 0.6) is 0 Å². The van der Waals surface area contributed by atoms with Crippen molar-refractivity contribution in [2.75, 3.05) is 7.11 Å². The Kier molecular flexibility index (Phi) is 3.18. The van der Waals surface area contributed by atoms with Gasteiger partial charge in [0.05, 0.1) is 17.8 Å². The first-order valence-corrected chi connectivity index (χ1v) is 4.39. The van der Waals surface area contributed by atoms with E-state index in [0.29, 0.717) is 5.56 Å². The van der Waals surface area contributed by atoms with Gasteiger partial charge >= 0.3 is 0 Å². The van der Waals surface area contributed by atoms with Gasteiger partial charge in [-0.2, -0.15) is 0 Å². The number of methoxy groups -OCH3 is 1. The molecule has 2 N–H and O–H groups in total. The number of aromatic nitrogens is 1. The molecular weight excluding hydrogens is 183 g/mol. The smallest absolute Gasteiger partial charge is 0.146 e. The third-order valence-electron chi connectivity index (χ3n) is 2.41. The van der Waals surface area contributed by atoms with Crippen LogP contribution in [-0.2, 0) is 4.74 Å². The SMILES string of the molecule is COC(C)(C)C(N)c1ccncc1F. The summed E-state index contributed by atoms with van der Waals surface area (Å²) in [4.78, 5) is 3.66. The van der Waals surface area contributed by atoms with Gasteiger partial charge in [0.15, 0.2) is 0 Å². The molecule has 0 amide bonds. The quantitative estimate of drug-likeness (QED) is 0.803. The highest BCUT2D eigenvalue weighted by atomic mass is 19.1. The maximum atomic E-state index is 13.3. The molecule has 1 rings (SSSR count). The Morgan fingerprint density at radius 1 is 1.57 bits per heavy atom. The molecule has 1 heterocycles. The molecule has 0 spiro atoms.